The van der Waals surface area contributed by atoms with Gasteiger partial charge in [-0.2, -0.15) is 0 Å². The zero-order valence-corrected chi connectivity index (χ0v) is 12.0. The van der Waals surface area contributed by atoms with Crippen LogP contribution in [0.3, 0.4) is 0 Å². The van der Waals surface area contributed by atoms with Crippen LogP contribution >= 0.6 is 15.9 Å². The standard InChI is InChI=1S/C10H23BrSi/c1-10(2,3)9(7-11)8-12(4,5)6/h9H,7-8H2,1-6H3. The lowest BCUT2D eigenvalue weighted by atomic mass is 9.83. The summed E-state index contributed by atoms with van der Waals surface area (Å²) < 4.78 is 0. The molecular weight excluding hydrogens is 228 g/mol. The number of hydrogen-bond donors (Lipinski definition) is 0. The van der Waals surface area contributed by atoms with Gasteiger partial charge in [0.25, 0.3) is 0 Å². The van der Waals surface area contributed by atoms with E-state index >= 15 is 0 Å². The second-order valence-corrected chi connectivity index (χ2v) is 12.2. The lowest BCUT2D eigenvalue weighted by molar-refractivity contribution is 0.288. The maximum absolute atomic E-state index is 3.63. The maximum atomic E-state index is 3.63. The molecule has 0 nitrogen and oxygen atoms in total. The Morgan fingerprint density at radius 3 is 1.67 bits per heavy atom. The molecule has 12 heavy (non-hydrogen) atoms. The van der Waals surface area contributed by atoms with Gasteiger partial charge in [-0.1, -0.05) is 62.4 Å². The molecule has 0 fully saturated rings. The molecule has 0 amide bonds. The molecular formula is C10H23BrSi. The summed E-state index contributed by atoms with van der Waals surface area (Å²) in [5.41, 5.74) is 0.462. The number of alkyl halides is 1. The van der Waals surface area contributed by atoms with Gasteiger partial charge in [-0.3, -0.25) is 0 Å². The Labute approximate surface area is 87.3 Å². The van der Waals surface area contributed by atoms with Crippen molar-refractivity contribution in [2.75, 3.05) is 5.33 Å². The van der Waals surface area contributed by atoms with E-state index in [1.165, 1.54) is 6.04 Å². The van der Waals surface area contributed by atoms with Crippen LogP contribution in [0.2, 0.25) is 25.7 Å². The first-order chi connectivity index (χ1) is 5.17. The molecule has 0 bridgehead atoms. The van der Waals surface area contributed by atoms with Gasteiger partial charge in [0.05, 0.1) is 0 Å². The Morgan fingerprint density at radius 1 is 1.17 bits per heavy atom. The van der Waals surface area contributed by atoms with Gasteiger partial charge in [-0.25, -0.2) is 0 Å². The minimum atomic E-state index is -0.881. The second-order valence-electron chi connectivity index (χ2n) is 5.98. The fraction of sp³-hybridized carbons (Fsp3) is 1.00. The average molecular weight is 251 g/mol. The molecule has 0 rings (SSSR count). The smallest absolute Gasteiger partial charge is 0.0445 e. The molecule has 0 aromatic rings. The lowest BCUT2D eigenvalue weighted by Gasteiger charge is -2.33. The van der Waals surface area contributed by atoms with Gasteiger partial charge < -0.3 is 0 Å². The van der Waals surface area contributed by atoms with E-state index in [0.29, 0.717) is 5.41 Å². The first-order valence-corrected chi connectivity index (χ1v) is 9.55. The number of halogens is 1. The summed E-state index contributed by atoms with van der Waals surface area (Å²) in [6.07, 6.45) is 0. The minimum Gasteiger partial charge on any atom is -0.0925 e. The monoisotopic (exact) mass is 250 g/mol. The molecule has 0 spiro atoms. The highest BCUT2D eigenvalue weighted by Gasteiger charge is 2.28. The highest BCUT2D eigenvalue weighted by molar-refractivity contribution is 9.09. The first-order valence-electron chi connectivity index (χ1n) is 4.73. The summed E-state index contributed by atoms with van der Waals surface area (Å²) in [4.78, 5) is 0. The fourth-order valence-electron chi connectivity index (χ4n) is 1.33. The van der Waals surface area contributed by atoms with Gasteiger partial charge in [0.1, 0.15) is 0 Å². The molecule has 0 aliphatic carbocycles. The van der Waals surface area contributed by atoms with Crippen LogP contribution in [0.5, 0.6) is 0 Å². The third-order valence-corrected chi connectivity index (χ3v) is 4.77. The van der Waals surface area contributed by atoms with Gasteiger partial charge in [0.15, 0.2) is 0 Å². The fourth-order valence-corrected chi connectivity index (χ4v) is 5.19. The Morgan fingerprint density at radius 2 is 1.58 bits per heavy atom. The number of rotatable bonds is 3. The van der Waals surface area contributed by atoms with Crippen molar-refractivity contribution >= 4 is 24.0 Å². The Balaban J connectivity index is 4.20. The van der Waals surface area contributed by atoms with Crippen molar-refractivity contribution in [3.8, 4) is 0 Å². The Kier molecular flexibility index (Phi) is 4.52. The van der Waals surface area contributed by atoms with Crippen LogP contribution in [0.1, 0.15) is 20.8 Å². The van der Waals surface area contributed by atoms with E-state index in [1.807, 2.05) is 0 Å². The van der Waals surface area contributed by atoms with Crippen molar-refractivity contribution in [1.82, 2.24) is 0 Å². The van der Waals surface area contributed by atoms with Crippen molar-refractivity contribution in [3.05, 3.63) is 0 Å². The molecule has 0 aliphatic heterocycles. The molecule has 0 aromatic carbocycles. The summed E-state index contributed by atoms with van der Waals surface area (Å²) in [7, 11) is -0.881. The molecule has 1 unspecified atom stereocenters. The zero-order chi connectivity index (χ0) is 9.99. The van der Waals surface area contributed by atoms with E-state index in [9.17, 15) is 0 Å². The van der Waals surface area contributed by atoms with E-state index in [0.717, 1.165) is 11.2 Å². The molecule has 0 saturated carbocycles. The normalized spacial score (nSPS) is 16.2. The van der Waals surface area contributed by atoms with Crippen molar-refractivity contribution in [2.24, 2.45) is 11.3 Å². The summed E-state index contributed by atoms with van der Waals surface area (Å²) in [6.45, 7) is 14.4. The van der Waals surface area contributed by atoms with Crippen LogP contribution in [0.4, 0.5) is 0 Å². The topological polar surface area (TPSA) is 0 Å². The van der Waals surface area contributed by atoms with E-state index in [1.54, 1.807) is 0 Å². The SMILES string of the molecule is CC(C)(C)C(CBr)C[Si](C)(C)C. The molecule has 0 radical (unpaired) electrons. The van der Waals surface area contributed by atoms with Gasteiger partial charge in [-0.15, -0.1) is 0 Å². The average Bonchev–Trinajstić information content (AvgIpc) is 1.78. The van der Waals surface area contributed by atoms with E-state index in [4.69, 9.17) is 0 Å². The molecule has 0 aromatic heterocycles. The summed E-state index contributed by atoms with van der Waals surface area (Å²) >= 11 is 3.63. The van der Waals surface area contributed by atoms with Crippen molar-refractivity contribution < 1.29 is 0 Å². The van der Waals surface area contributed by atoms with Crippen LogP contribution in [-0.2, 0) is 0 Å². The van der Waals surface area contributed by atoms with E-state index in [2.05, 4.69) is 56.3 Å². The van der Waals surface area contributed by atoms with Crippen LogP contribution < -0.4 is 0 Å². The minimum absolute atomic E-state index is 0.462. The molecule has 2 heteroatoms. The molecule has 0 heterocycles. The third-order valence-electron chi connectivity index (χ3n) is 2.27. The van der Waals surface area contributed by atoms with Gasteiger partial charge in [0, 0.05) is 13.4 Å². The molecule has 0 aliphatic rings. The van der Waals surface area contributed by atoms with Crippen molar-refractivity contribution in [2.45, 2.75) is 46.5 Å². The van der Waals surface area contributed by atoms with Gasteiger partial charge >= 0.3 is 0 Å². The zero-order valence-electron chi connectivity index (χ0n) is 9.37. The third kappa shape index (κ3) is 5.36. The summed E-state index contributed by atoms with van der Waals surface area (Å²) in [5, 5.41) is 1.15. The number of hydrogen-bond acceptors (Lipinski definition) is 0. The van der Waals surface area contributed by atoms with Crippen LogP contribution in [0.15, 0.2) is 0 Å². The maximum Gasteiger partial charge on any atom is 0.0445 e. The van der Waals surface area contributed by atoms with Crippen molar-refractivity contribution in [3.63, 3.8) is 0 Å². The Hall–Kier alpha value is 0.697. The highest BCUT2D eigenvalue weighted by Crippen LogP contribution is 2.34. The van der Waals surface area contributed by atoms with Gasteiger partial charge in [0.2, 0.25) is 0 Å². The van der Waals surface area contributed by atoms with E-state index in [-0.39, 0.29) is 0 Å². The largest absolute Gasteiger partial charge is 0.0925 e. The summed E-state index contributed by atoms with van der Waals surface area (Å²) in [5.74, 6) is 0.837. The summed E-state index contributed by atoms with van der Waals surface area (Å²) in [6, 6.07) is 1.43. The second kappa shape index (κ2) is 4.27. The predicted molar refractivity (Wildman–Crippen MR) is 64.9 cm³/mol. The highest BCUT2D eigenvalue weighted by atomic mass is 79.9. The Bertz CT molecular complexity index is 130. The van der Waals surface area contributed by atoms with Crippen LogP contribution in [-0.4, -0.2) is 13.4 Å². The molecule has 0 saturated heterocycles. The molecule has 0 N–H and O–H groups in total. The van der Waals surface area contributed by atoms with Crippen LogP contribution in [0, 0.1) is 11.3 Å². The molecule has 74 valence electrons. The quantitative estimate of drug-likeness (QED) is 0.515. The van der Waals surface area contributed by atoms with E-state index < -0.39 is 8.07 Å². The first kappa shape index (κ1) is 12.7. The lowest BCUT2D eigenvalue weighted by Crippen LogP contribution is -2.31. The van der Waals surface area contributed by atoms with Crippen LogP contribution in [0.25, 0.3) is 0 Å². The van der Waals surface area contributed by atoms with Gasteiger partial charge in [-0.05, 0) is 11.3 Å². The van der Waals surface area contributed by atoms with Crippen molar-refractivity contribution in [1.29, 1.82) is 0 Å². The molecule has 1 atom stereocenters. The predicted octanol–water partition coefficient (Wildman–Crippen LogP) is 4.38.